The van der Waals surface area contributed by atoms with Crippen molar-refractivity contribution in [3.63, 3.8) is 0 Å². The van der Waals surface area contributed by atoms with Crippen molar-refractivity contribution < 1.29 is 18.0 Å². The van der Waals surface area contributed by atoms with E-state index in [0.29, 0.717) is 38.3 Å². The SMILES string of the molecule is CC[C@H](C)NC(=O)[C@@H](Cc1ccccc1)N(Cc1ccc(Cl)c(Cl)c1)C(=O)CN(c1ccc(Cl)cc1C)S(C)(=O)=O. The Labute approximate surface area is 257 Å². The molecule has 3 aromatic carbocycles. The van der Waals surface area contributed by atoms with Crippen molar-refractivity contribution in [1.82, 2.24) is 10.2 Å². The summed E-state index contributed by atoms with van der Waals surface area (Å²) in [5.41, 5.74) is 2.39. The maximum atomic E-state index is 14.2. The van der Waals surface area contributed by atoms with E-state index in [1.54, 1.807) is 43.3 Å². The summed E-state index contributed by atoms with van der Waals surface area (Å²) in [6, 6.07) is 18.0. The second kappa shape index (κ2) is 14.4. The van der Waals surface area contributed by atoms with Gasteiger partial charge in [-0.1, -0.05) is 78.1 Å². The summed E-state index contributed by atoms with van der Waals surface area (Å²) in [6.45, 7) is 5.03. The summed E-state index contributed by atoms with van der Waals surface area (Å²) in [7, 11) is -3.89. The summed E-state index contributed by atoms with van der Waals surface area (Å²) in [4.78, 5) is 29.3. The average molecular weight is 639 g/mol. The summed E-state index contributed by atoms with van der Waals surface area (Å²) in [6.07, 6.45) is 1.95. The van der Waals surface area contributed by atoms with Gasteiger partial charge in [-0.05, 0) is 67.3 Å². The Balaban J connectivity index is 2.10. The van der Waals surface area contributed by atoms with Crippen LogP contribution >= 0.6 is 34.8 Å². The predicted octanol–water partition coefficient (Wildman–Crippen LogP) is 6.28. The lowest BCUT2D eigenvalue weighted by Crippen LogP contribution is -2.54. The van der Waals surface area contributed by atoms with E-state index in [1.165, 1.54) is 4.90 Å². The minimum absolute atomic E-state index is 0.00164. The van der Waals surface area contributed by atoms with E-state index >= 15 is 0 Å². The number of rotatable bonds is 12. The molecule has 0 aliphatic rings. The summed E-state index contributed by atoms with van der Waals surface area (Å²) in [5, 5.41) is 4.09. The van der Waals surface area contributed by atoms with Gasteiger partial charge in [0.15, 0.2) is 0 Å². The van der Waals surface area contributed by atoms with Gasteiger partial charge in [0.2, 0.25) is 21.8 Å². The van der Waals surface area contributed by atoms with E-state index in [1.807, 2.05) is 44.2 Å². The number of halogens is 3. The topological polar surface area (TPSA) is 86.8 Å². The molecule has 220 valence electrons. The summed E-state index contributed by atoms with van der Waals surface area (Å²) in [5.74, 6) is -0.902. The zero-order valence-electron chi connectivity index (χ0n) is 23.4. The molecule has 2 amide bonds. The first-order valence-electron chi connectivity index (χ1n) is 13.1. The molecule has 0 spiro atoms. The van der Waals surface area contributed by atoms with Crippen LogP contribution < -0.4 is 9.62 Å². The molecular formula is C30H34Cl3N3O4S. The van der Waals surface area contributed by atoms with Gasteiger partial charge in [0, 0.05) is 24.0 Å². The largest absolute Gasteiger partial charge is 0.352 e. The smallest absolute Gasteiger partial charge is 0.244 e. The van der Waals surface area contributed by atoms with Gasteiger partial charge in [0.05, 0.1) is 22.0 Å². The molecule has 0 saturated heterocycles. The van der Waals surface area contributed by atoms with Gasteiger partial charge < -0.3 is 10.2 Å². The fourth-order valence-corrected chi connectivity index (χ4v) is 5.78. The van der Waals surface area contributed by atoms with Gasteiger partial charge in [-0.3, -0.25) is 13.9 Å². The van der Waals surface area contributed by atoms with Crippen LogP contribution in [0.15, 0.2) is 66.7 Å². The molecule has 0 saturated carbocycles. The molecule has 0 aromatic heterocycles. The molecule has 41 heavy (non-hydrogen) atoms. The van der Waals surface area contributed by atoms with Crippen molar-refractivity contribution in [2.45, 2.75) is 52.2 Å². The molecular weight excluding hydrogens is 605 g/mol. The molecule has 3 aromatic rings. The van der Waals surface area contributed by atoms with Crippen molar-refractivity contribution in [2.24, 2.45) is 0 Å². The second-order valence-corrected chi connectivity index (χ2v) is 13.2. The minimum Gasteiger partial charge on any atom is -0.352 e. The van der Waals surface area contributed by atoms with E-state index < -0.39 is 28.5 Å². The third-order valence-electron chi connectivity index (χ3n) is 6.72. The van der Waals surface area contributed by atoms with Gasteiger partial charge >= 0.3 is 0 Å². The van der Waals surface area contributed by atoms with E-state index in [2.05, 4.69) is 5.32 Å². The number of anilines is 1. The predicted molar refractivity (Wildman–Crippen MR) is 167 cm³/mol. The van der Waals surface area contributed by atoms with Crippen LogP contribution in [0.2, 0.25) is 15.1 Å². The first kappa shape index (κ1) is 32.7. The van der Waals surface area contributed by atoms with Crippen molar-refractivity contribution in [2.75, 3.05) is 17.1 Å². The zero-order chi connectivity index (χ0) is 30.3. The molecule has 0 heterocycles. The average Bonchev–Trinajstić information content (AvgIpc) is 2.91. The second-order valence-electron chi connectivity index (χ2n) is 9.99. The lowest BCUT2D eigenvalue weighted by molar-refractivity contribution is -0.140. The third kappa shape index (κ3) is 9.10. The van der Waals surface area contributed by atoms with Crippen LogP contribution in [0.25, 0.3) is 0 Å². The molecule has 11 heteroatoms. The number of carbonyl (C=O) groups excluding carboxylic acids is 2. The number of nitrogens with zero attached hydrogens (tertiary/aromatic N) is 2. The number of benzene rings is 3. The molecule has 1 N–H and O–H groups in total. The highest BCUT2D eigenvalue weighted by Crippen LogP contribution is 2.27. The molecule has 2 atom stereocenters. The number of amides is 2. The van der Waals surface area contributed by atoms with Crippen LogP contribution in [0, 0.1) is 6.92 Å². The highest BCUT2D eigenvalue weighted by Gasteiger charge is 2.33. The van der Waals surface area contributed by atoms with Crippen LogP contribution in [0.3, 0.4) is 0 Å². The molecule has 0 radical (unpaired) electrons. The molecule has 0 aliphatic heterocycles. The Morgan fingerprint density at radius 3 is 2.20 bits per heavy atom. The zero-order valence-corrected chi connectivity index (χ0v) is 26.5. The number of hydrogen-bond donors (Lipinski definition) is 1. The van der Waals surface area contributed by atoms with Crippen LogP contribution in [0.5, 0.6) is 0 Å². The Kier molecular flexibility index (Phi) is 11.5. The standard InChI is InChI=1S/C30H34Cl3N3O4S/c1-5-21(3)34-30(38)28(17-22-9-7-6-8-10-22)35(18-23-11-13-25(32)26(33)16-23)29(37)19-36(41(4,39)40)27-14-12-24(31)15-20(27)2/h6-16,21,28H,5,17-19H2,1-4H3,(H,34,38)/t21-,28+/m0/s1. The first-order valence-corrected chi connectivity index (χ1v) is 16.1. The Hall–Kier alpha value is -2.78. The van der Waals surface area contributed by atoms with Crippen LogP contribution in [-0.4, -0.2) is 50.0 Å². The number of hydrogen-bond acceptors (Lipinski definition) is 4. The summed E-state index contributed by atoms with van der Waals surface area (Å²) >= 11 is 18.5. The van der Waals surface area contributed by atoms with E-state index in [9.17, 15) is 18.0 Å². The van der Waals surface area contributed by atoms with Crippen molar-refractivity contribution in [3.05, 3.63) is 98.5 Å². The first-order chi connectivity index (χ1) is 19.3. The van der Waals surface area contributed by atoms with Crippen LogP contribution in [0.4, 0.5) is 5.69 Å². The van der Waals surface area contributed by atoms with E-state index in [4.69, 9.17) is 34.8 Å². The van der Waals surface area contributed by atoms with Gasteiger partial charge in [-0.15, -0.1) is 0 Å². The van der Waals surface area contributed by atoms with Gasteiger partial charge in [0.1, 0.15) is 12.6 Å². The number of nitrogens with one attached hydrogen (secondary N) is 1. The van der Waals surface area contributed by atoms with E-state index in [-0.39, 0.29) is 24.9 Å². The summed E-state index contributed by atoms with van der Waals surface area (Å²) < 4.78 is 27.0. The molecule has 3 rings (SSSR count). The van der Waals surface area contributed by atoms with Crippen LogP contribution in [-0.2, 0) is 32.6 Å². The molecule has 7 nitrogen and oxygen atoms in total. The lowest BCUT2D eigenvalue weighted by Gasteiger charge is -2.34. The highest BCUT2D eigenvalue weighted by molar-refractivity contribution is 7.92. The Morgan fingerprint density at radius 1 is 0.927 bits per heavy atom. The van der Waals surface area contributed by atoms with Crippen molar-refractivity contribution in [3.8, 4) is 0 Å². The maximum Gasteiger partial charge on any atom is 0.244 e. The number of aryl methyl sites for hydroxylation is 1. The molecule has 0 unspecified atom stereocenters. The molecule has 0 bridgehead atoms. The number of sulfonamides is 1. The fraction of sp³-hybridized carbons (Fsp3) is 0.333. The van der Waals surface area contributed by atoms with Gasteiger partial charge in [0.25, 0.3) is 0 Å². The van der Waals surface area contributed by atoms with Gasteiger partial charge in [-0.2, -0.15) is 0 Å². The van der Waals surface area contributed by atoms with Crippen LogP contribution in [0.1, 0.15) is 37.0 Å². The monoisotopic (exact) mass is 637 g/mol. The Bertz CT molecular complexity index is 1490. The Morgan fingerprint density at radius 2 is 1.61 bits per heavy atom. The van der Waals surface area contributed by atoms with E-state index in [0.717, 1.165) is 16.1 Å². The fourth-order valence-electron chi connectivity index (χ4n) is 4.32. The normalized spacial score (nSPS) is 12.9. The maximum absolute atomic E-state index is 14.2. The molecule has 0 fully saturated rings. The van der Waals surface area contributed by atoms with Gasteiger partial charge in [-0.25, -0.2) is 8.42 Å². The minimum atomic E-state index is -3.89. The van der Waals surface area contributed by atoms with Crippen molar-refractivity contribution >= 4 is 62.3 Å². The van der Waals surface area contributed by atoms with Crippen molar-refractivity contribution in [1.29, 1.82) is 0 Å². The highest BCUT2D eigenvalue weighted by atomic mass is 35.5. The third-order valence-corrected chi connectivity index (χ3v) is 8.82. The number of carbonyl (C=O) groups is 2. The lowest BCUT2D eigenvalue weighted by atomic mass is 10.0. The quantitative estimate of drug-likeness (QED) is 0.253. The molecule has 0 aliphatic carbocycles.